The van der Waals surface area contributed by atoms with Gasteiger partial charge in [0.1, 0.15) is 0 Å². The Balaban J connectivity index is 1.18. The van der Waals surface area contributed by atoms with E-state index >= 15 is 0 Å². The molecule has 2 aliphatic rings. The third-order valence-electron chi connectivity index (χ3n) is 15.0. The molecular formula is C66H41F6N4P. The zero-order valence-corrected chi connectivity index (χ0v) is 41.5. The molecule has 12 aromatic carbocycles. The largest absolute Gasteiger partial charge is 0.416 e. The first kappa shape index (κ1) is 46.4. The highest BCUT2D eigenvalue weighted by molar-refractivity contribution is 7.71. The smallest absolute Gasteiger partial charge is 0.319 e. The van der Waals surface area contributed by atoms with E-state index in [1.165, 1.54) is 12.1 Å². The molecule has 0 unspecified atom stereocenters. The summed E-state index contributed by atoms with van der Waals surface area (Å²) in [5.74, 6) is 0. The van der Waals surface area contributed by atoms with Gasteiger partial charge >= 0.3 is 12.4 Å². The van der Waals surface area contributed by atoms with Gasteiger partial charge in [-0.15, -0.1) is 0 Å². The van der Waals surface area contributed by atoms with Crippen molar-refractivity contribution >= 4 is 73.3 Å². The molecule has 0 saturated heterocycles. The van der Waals surface area contributed by atoms with Crippen molar-refractivity contribution in [1.82, 2.24) is 0 Å². The lowest BCUT2D eigenvalue weighted by atomic mass is 9.83. The summed E-state index contributed by atoms with van der Waals surface area (Å²) < 4.78 is 95.4. The summed E-state index contributed by atoms with van der Waals surface area (Å²) in [4.78, 5) is 0. The molecule has 4 nitrogen and oxygen atoms in total. The van der Waals surface area contributed by atoms with Crippen molar-refractivity contribution in [3.8, 4) is 66.8 Å². The van der Waals surface area contributed by atoms with Gasteiger partial charge in [-0.3, -0.25) is 0 Å². The van der Waals surface area contributed by atoms with Gasteiger partial charge in [-0.05, 0) is 125 Å². The van der Waals surface area contributed by atoms with Gasteiger partial charge in [0.25, 0.3) is 0 Å². The lowest BCUT2D eigenvalue weighted by Gasteiger charge is -2.30. The number of fused-ring (bicyclic) bond motifs is 14. The second-order valence-electron chi connectivity index (χ2n) is 19.5. The molecule has 14 rings (SSSR count). The fourth-order valence-corrected chi connectivity index (χ4v) is 14.0. The molecule has 0 aromatic heterocycles. The van der Waals surface area contributed by atoms with Gasteiger partial charge in [0.05, 0.1) is 22.5 Å². The molecule has 0 bridgehead atoms. The lowest BCUT2D eigenvalue weighted by Crippen LogP contribution is -2.14. The van der Waals surface area contributed by atoms with E-state index in [0.717, 1.165) is 83.3 Å². The first-order valence-electron chi connectivity index (χ1n) is 25.1. The van der Waals surface area contributed by atoms with Crippen molar-refractivity contribution in [2.45, 2.75) is 12.4 Å². The Morgan fingerprint density at radius 1 is 0.312 bits per heavy atom. The Labute approximate surface area is 438 Å². The Kier molecular flexibility index (Phi) is 10.5. The van der Waals surface area contributed by atoms with Crippen LogP contribution in [0, 0.1) is 0 Å². The van der Waals surface area contributed by atoms with E-state index in [9.17, 15) is 26.3 Å². The summed E-state index contributed by atoms with van der Waals surface area (Å²) in [5.41, 5.74) is 8.57. The molecule has 0 aliphatic carbocycles. The maximum Gasteiger partial charge on any atom is 0.416 e. The number of rotatable bonds is 4. The lowest BCUT2D eigenvalue weighted by molar-refractivity contribution is -0.138. The minimum Gasteiger partial charge on any atom is -0.319 e. The number of benzene rings is 12. The summed E-state index contributed by atoms with van der Waals surface area (Å²) in [6, 6.07) is 70.6. The predicted molar refractivity (Wildman–Crippen MR) is 305 cm³/mol. The molecule has 3 N–H and O–H groups in total. The topological polar surface area (TPSA) is 48.5 Å². The van der Waals surface area contributed by atoms with Crippen LogP contribution in [0.5, 0.6) is 0 Å². The second-order valence-corrected chi connectivity index (χ2v) is 21.6. The molecule has 2 heterocycles. The molecule has 0 radical (unpaired) electrons. The standard InChI is InChI=1S/C66H41F6N4P/c67-65(68,69)45-29-31-51(53(37-45)39-15-3-1-4-16-39)55-35-43-21-9-13-25-49(43)61-62-50-26-14-10-22-44(50)36-56(52-32-30-46(66(70,71)72)38-54(52)40-17-5-2-6-18-40)64(62)76-77(75-63(55)61)73-57-33-27-41-19-7-11-23-47(41)59(57)60-48-24-12-8-20-42(48)28-34-58(60)74-77/h1-38,73-75H. The fourth-order valence-electron chi connectivity index (χ4n) is 11.5. The molecule has 11 heteroatoms. The molecule has 0 atom stereocenters. The number of hydrogen-bond acceptors (Lipinski definition) is 4. The summed E-state index contributed by atoms with van der Waals surface area (Å²) >= 11 is 0. The molecule has 0 amide bonds. The zero-order valence-electron chi connectivity index (χ0n) is 40.6. The van der Waals surface area contributed by atoms with Crippen LogP contribution in [0.2, 0.25) is 0 Å². The summed E-state index contributed by atoms with van der Waals surface area (Å²) in [6.45, 7) is 0. The summed E-state index contributed by atoms with van der Waals surface area (Å²) in [6.07, 6.45) is -9.27. The fraction of sp³-hybridized carbons (Fsp3) is 0.0303. The van der Waals surface area contributed by atoms with Gasteiger partial charge in [0, 0.05) is 44.8 Å². The number of alkyl halides is 6. The predicted octanol–water partition coefficient (Wildman–Crippen LogP) is 20.9. The Bertz CT molecular complexity index is 4380. The van der Waals surface area contributed by atoms with Crippen molar-refractivity contribution in [1.29, 1.82) is 0 Å². The van der Waals surface area contributed by atoms with Crippen molar-refractivity contribution in [2.75, 3.05) is 15.3 Å². The van der Waals surface area contributed by atoms with Crippen LogP contribution in [0.4, 0.5) is 49.1 Å². The van der Waals surface area contributed by atoms with E-state index in [-0.39, 0.29) is 0 Å². The number of nitrogens with one attached hydrogen (secondary N) is 3. The molecule has 77 heavy (non-hydrogen) atoms. The number of anilines is 3. The number of hydrogen-bond donors (Lipinski definition) is 3. The maximum absolute atomic E-state index is 14.9. The van der Waals surface area contributed by atoms with Crippen LogP contribution in [-0.2, 0) is 12.4 Å². The van der Waals surface area contributed by atoms with Crippen LogP contribution >= 0.6 is 7.51 Å². The van der Waals surface area contributed by atoms with Gasteiger partial charge < -0.3 is 15.3 Å². The van der Waals surface area contributed by atoms with Crippen LogP contribution in [0.15, 0.2) is 235 Å². The number of halogens is 6. The van der Waals surface area contributed by atoms with Gasteiger partial charge in [-0.2, -0.15) is 26.3 Å². The minimum atomic E-state index is -4.64. The Morgan fingerprint density at radius 3 is 1.19 bits per heavy atom. The molecule has 0 saturated carbocycles. The Hall–Kier alpha value is -9.11. The van der Waals surface area contributed by atoms with Crippen molar-refractivity contribution in [3.63, 3.8) is 0 Å². The normalized spacial score (nSPS) is 13.6. The monoisotopic (exact) mass is 1030 g/mol. The SMILES string of the molecule is FC(F)(F)c1ccc(-c2cc3ccccc3c3c2N=P2(Nc4ccc5ccccc5c4-c4c(ccc5ccccc45)N2)Nc2c(-c4ccc(C(F)(F)F)cc4-c4ccccc4)cc4ccccc4c2-3)c(-c2ccccc2)c1. The van der Waals surface area contributed by atoms with Gasteiger partial charge in [0.15, 0.2) is 0 Å². The third kappa shape index (κ3) is 7.73. The molecule has 372 valence electrons. The minimum absolute atomic E-state index is 0.365. The molecule has 1 spiro atoms. The second kappa shape index (κ2) is 17.5. The Morgan fingerprint density at radius 2 is 0.714 bits per heavy atom. The highest BCUT2D eigenvalue weighted by Crippen LogP contribution is 2.66. The third-order valence-corrected chi connectivity index (χ3v) is 17.1. The van der Waals surface area contributed by atoms with Crippen LogP contribution in [0.3, 0.4) is 0 Å². The average Bonchev–Trinajstić information content (AvgIpc) is 3.77. The quantitative estimate of drug-likeness (QED) is 0.122. The highest BCUT2D eigenvalue weighted by Gasteiger charge is 2.38. The maximum atomic E-state index is 14.9. The van der Waals surface area contributed by atoms with Crippen molar-refractivity contribution < 1.29 is 26.3 Å². The van der Waals surface area contributed by atoms with Crippen LogP contribution in [0.1, 0.15) is 11.1 Å². The van der Waals surface area contributed by atoms with Gasteiger partial charge in [-0.25, -0.2) is 4.74 Å². The first-order chi connectivity index (χ1) is 37.4. The average molecular weight is 1040 g/mol. The van der Waals surface area contributed by atoms with E-state index in [0.29, 0.717) is 61.4 Å². The van der Waals surface area contributed by atoms with E-state index in [4.69, 9.17) is 4.74 Å². The highest BCUT2D eigenvalue weighted by atomic mass is 31.2. The van der Waals surface area contributed by atoms with Gasteiger partial charge in [-0.1, -0.05) is 182 Å². The van der Waals surface area contributed by atoms with Crippen LogP contribution in [0.25, 0.3) is 110 Å². The summed E-state index contributed by atoms with van der Waals surface area (Å²) in [7, 11) is -3.64. The molecule has 2 aliphatic heterocycles. The zero-order chi connectivity index (χ0) is 52.2. The first-order valence-corrected chi connectivity index (χ1v) is 26.8. The molecular weight excluding hydrogens is 994 g/mol. The van der Waals surface area contributed by atoms with Crippen LogP contribution in [-0.4, -0.2) is 0 Å². The number of nitrogens with zero attached hydrogens (tertiary/aromatic N) is 1. The van der Waals surface area contributed by atoms with Gasteiger partial charge in [0.2, 0.25) is 7.51 Å². The van der Waals surface area contributed by atoms with Crippen molar-refractivity contribution in [2.24, 2.45) is 4.74 Å². The molecule has 12 aromatic rings. The van der Waals surface area contributed by atoms with E-state index in [1.807, 2.05) is 146 Å². The van der Waals surface area contributed by atoms with E-state index in [2.05, 4.69) is 63.8 Å². The van der Waals surface area contributed by atoms with Crippen LogP contribution < -0.4 is 15.3 Å². The van der Waals surface area contributed by atoms with E-state index in [1.54, 1.807) is 12.1 Å². The summed E-state index contributed by atoms with van der Waals surface area (Å²) in [5, 5.41) is 19.5. The van der Waals surface area contributed by atoms with Crippen molar-refractivity contribution in [3.05, 3.63) is 242 Å². The molecule has 0 fully saturated rings. The van der Waals surface area contributed by atoms with E-state index < -0.39 is 31.0 Å².